The smallest absolute Gasteiger partial charge is 0.409 e. The first-order valence-electron chi connectivity index (χ1n) is 9.76. The molecule has 1 fully saturated rings. The lowest BCUT2D eigenvalue weighted by Gasteiger charge is -2.31. The SMILES string of the molecule is CCOC(=O)c1ccccc1NCCC(=O)NC1CCN(C(=O)OCC)CC1. The molecular formula is C20H29N3O5. The van der Waals surface area contributed by atoms with E-state index < -0.39 is 0 Å². The lowest BCUT2D eigenvalue weighted by atomic mass is 10.1. The molecule has 154 valence electrons. The van der Waals surface area contributed by atoms with E-state index in [0.29, 0.717) is 56.9 Å². The van der Waals surface area contributed by atoms with Gasteiger partial charge in [0, 0.05) is 37.8 Å². The van der Waals surface area contributed by atoms with Crippen molar-refractivity contribution in [3.8, 4) is 0 Å². The van der Waals surface area contributed by atoms with Crippen LogP contribution in [0.2, 0.25) is 0 Å². The number of hydrogen-bond acceptors (Lipinski definition) is 6. The first kappa shape index (κ1) is 21.5. The third-order valence-corrected chi connectivity index (χ3v) is 4.48. The maximum absolute atomic E-state index is 12.2. The fourth-order valence-corrected chi connectivity index (χ4v) is 3.06. The number of anilines is 1. The largest absolute Gasteiger partial charge is 0.462 e. The van der Waals surface area contributed by atoms with Gasteiger partial charge in [-0.05, 0) is 38.8 Å². The molecule has 0 radical (unpaired) electrons. The maximum Gasteiger partial charge on any atom is 0.409 e. The molecule has 8 heteroatoms. The van der Waals surface area contributed by atoms with Crippen molar-refractivity contribution in [3.05, 3.63) is 29.8 Å². The van der Waals surface area contributed by atoms with Crippen LogP contribution in [0, 0.1) is 0 Å². The van der Waals surface area contributed by atoms with Crippen molar-refractivity contribution in [2.24, 2.45) is 0 Å². The van der Waals surface area contributed by atoms with Crippen molar-refractivity contribution in [1.82, 2.24) is 10.2 Å². The van der Waals surface area contributed by atoms with Gasteiger partial charge in [-0.2, -0.15) is 0 Å². The molecule has 1 heterocycles. The number of hydrogen-bond donors (Lipinski definition) is 2. The van der Waals surface area contributed by atoms with E-state index in [9.17, 15) is 14.4 Å². The van der Waals surface area contributed by atoms with Crippen molar-refractivity contribution >= 4 is 23.7 Å². The summed E-state index contributed by atoms with van der Waals surface area (Å²) in [6.45, 7) is 5.78. The number of piperidine rings is 1. The molecule has 0 unspecified atom stereocenters. The molecule has 1 saturated heterocycles. The number of benzene rings is 1. The third kappa shape index (κ3) is 6.44. The van der Waals surface area contributed by atoms with Gasteiger partial charge in [-0.15, -0.1) is 0 Å². The number of nitrogens with zero attached hydrogens (tertiary/aromatic N) is 1. The molecule has 8 nitrogen and oxygen atoms in total. The van der Waals surface area contributed by atoms with Crippen molar-refractivity contribution in [3.63, 3.8) is 0 Å². The number of esters is 1. The van der Waals surface area contributed by atoms with E-state index in [4.69, 9.17) is 9.47 Å². The van der Waals surface area contributed by atoms with Crippen LogP contribution in [-0.4, -0.2) is 61.8 Å². The van der Waals surface area contributed by atoms with Gasteiger partial charge in [0.15, 0.2) is 0 Å². The number of carbonyl (C=O) groups is 3. The van der Waals surface area contributed by atoms with Crippen molar-refractivity contribution in [2.75, 3.05) is 38.2 Å². The minimum atomic E-state index is -0.386. The monoisotopic (exact) mass is 391 g/mol. The van der Waals surface area contributed by atoms with Gasteiger partial charge in [0.05, 0.1) is 18.8 Å². The fraction of sp³-hybridized carbons (Fsp3) is 0.550. The summed E-state index contributed by atoms with van der Waals surface area (Å²) in [5, 5.41) is 6.13. The molecule has 0 aromatic heterocycles. The van der Waals surface area contributed by atoms with Crippen LogP contribution in [0.5, 0.6) is 0 Å². The molecule has 0 saturated carbocycles. The Kier molecular flexibility index (Phi) is 8.58. The van der Waals surface area contributed by atoms with Crippen LogP contribution in [0.3, 0.4) is 0 Å². The van der Waals surface area contributed by atoms with Crippen LogP contribution in [-0.2, 0) is 14.3 Å². The molecule has 0 atom stereocenters. The summed E-state index contributed by atoms with van der Waals surface area (Å²) in [4.78, 5) is 37.5. The van der Waals surface area contributed by atoms with Gasteiger partial charge in [0.25, 0.3) is 0 Å². The summed E-state index contributed by atoms with van der Waals surface area (Å²) in [7, 11) is 0. The van der Waals surface area contributed by atoms with Crippen molar-refractivity contribution < 1.29 is 23.9 Å². The lowest BCUT2D eigenvalue weighted by Crippen LogP contribution is -2.46. The Labute approximate surface area is 165 Å². The molecule has 0 bridgehead atoms. The van der Waals surface area contributed by atoms with E-state index in [-0.39, 0.29) is 30.4 Å². The van der Waals surface area contributed by atoms with E-state index in [2.05, 4.69) is 10.6 Å². The van der Waals surface area contributed by atoms with Crippen molar-refractivity contribution in [1.29, 1.82) is 0 Å². The Balaban J connectivity index is 1.73. The summed E-state index contributed by atoms with van der Waals surface area (Å²) in [5.41, 5.74) is 1.10. The number of para-hydroxylation sites is 1. The van der Waals surface area contributed by atoms with E-state index in [1.165, 1.54) is 0 Å². The average molecular weight is 391 g/mol. The Morgan fingerprint density at radius 3 is 2.43 bits per heavy atom. The molecule has 2 N–H and O–H groups in total. The lowest BCUT2D eigenvalue weighted by molar-refractivity contribution is -0.121. The van der Waals surface area contributed by atoms with Crippen LogP contribution in [0.4, 0.5) is 10.5 Å². The first-order chi connectivity index (χ1) is 13.5. The van der Waals surface area contributed by atoms with Gasteiger partial charge in [-0.3, -0.25) is 4.79 Å². The van der Waals surface area contributed by atoms with E-state index >= 15 is 0 Å². The molecule has 0 aliphatic carbocycles. The highest BCUT2D eigenvalue weighted by atomic mass is 16.6. The molecular weight excluding hydrogens is 362 g/mol. The molecule has 2 amide bonds. The number of carbonyl (C=O) groups excluding carboxylic acids is 3. The van der Waals surface area contributed by atoms with Crippen LogP contribution in [0.25, 0.3) is 0 Å². The van der Waals surface area contributed by atoms with Crippen LogP contribution >= 0.6 is 0 Å². The second-order valence-electron chi connectivity index (χ2n) is 6.47. The van der Waals surface area contributed by atoms with E-state index in [0.717, 1.165) is 0 Å². The second-order valence-corrected chi connectivity index (χ2v) is 6.47. The zero-order chi connectivity index (χ0) is 20.4. The minimum absolute atomic E-state index is 0.0595. The normalized spacial score (nSPS) is 14.3. The molecule has 1 aliphatic heterocycles. The zero-order valence-corrected chi connectivity index (χ0v) is 16.5. The summed E-state index contributed by atoms with van der Waals surface area (Å²) >= 11 is 0. The summed E-state index contributed by atoms with van der Waals surface area (Å²) in [6.07, 6.45) is 1.42. The highest BCUT2D eigenvalue weighted by Gasteiger charge is 2.24. The highest BCUT2D eigenvalue weighted by Crippen LogP contribution is 2.16. The zero-order valence-electron chi connectivity index (χ0n) is 16.5. The fourth-order valence-electron chi connectivity index (χ4n) is 3.06. The van der Waals surface area contributed by atoms with Gasteiger partial charge in [0.1, 0.15) is 0 Å². The number of amides is 2. The molecule has 28 heavy (non-hydrogen) atoms. The first-order valence-corrected chi connectivity index (χ1v) is 9.76. The maximum atomic E-state index is 12.2. The van der Waals surface area contributed by atoms with Gasteiger partial charge in [-0.1, -0.05) is 12.1 Å². The van der Waals surface area contributed by atoms with Crippen LogP contribution in [0.15, 0.2) is 24.3 Å². The summed E-state index contributed by atoms with van der Waals surface area (Å²) in [6, 6.07) is 7.13. The number of likely N-dealkylation sites (tertiary alicyclic amines) is 1. The van der Waals surface area contributed by atoms with Gasteiger partial charge >= 0.3 is 12.1 Å². The van der Waals surface area contributed by atoms with Crippen LogP contribution < -0.4 is 10.6 Å². The topological polar surface area (TPSA) is 97.0 Å². The van der Waals surface area contributed by atoms with Gasteiger partial charge < -0.3 is 25.0 Å². The number of nitrogens with one attached hydrogen (secondary N) is 2. The molecule has 1 aliphatic rings. The number of ether oxygens (including phenoxy) is 2. The van der Waals surface area contributed by atoms with E-state index in [1.807, 2.05) is 6.07 Å². The van der Waals surface area contributed by atoms with Crippen LogP contribution in [0.1, 0.15) is 43.5 Å². The Morgan fingerprint density at radius 1 is 1.07 bits per heavy atom. The summed E-state index contributed by atoms with van der Waals surface area (Å²) < 4.78 is 10.0. The summed E-state index contributed by atoms with van der Waals surface area (Å²) in [5.74, 6) is -0.445. The minimum Gasteiger partial charge on any atom is -0.462 e. The van der Waals surface area contributed by atoms with E-state index in [1.54, 1.807) is 36.9 Å². The van der Waals surface area contributed by atoms with Gasteiger partial charge in [-0.25, -0.2) is 9.59 Å². The average Bonchev–Trinajstić information content (AvgIpc) is 2.69. The molecule has 0 spiro atoms. The molecule has 2 rings (SSSR count). The quantitative estimate of drug-likeness (QED) is 0.661. The third-order valence-electron chi connectivity index (χ3n) is 4.48. The highest BCUT2D eigenvalue weighted by molar-refractivity contribution is 5.95. The number of rotatable bonds is 8. The standard InChI is InChI=1S/C20H29N3O5/c1-3-27-19(25)16-7-5-6-8-17(16)21-12-9-18(24)22-15-10-13-23(14-11-15)20(26)28-4-2/h5-8,15,21H,3-4,9-14H2,1-2H3,(H,22,24). The van der Waals surface area contributed by atoms with Crippen molar-refractivity contribution in [2.45, 2.75) is 39.2 Å². The Hall–Kier alpha value is -2.77. The Morgan fingerprint density at radius 2 is 1.75 bits per heavy atom. The molecule has 1 aromatic rings. The predicted molar refractivity (Wildman–Crippen MR) is 105 cm³/mol. The Bertz CT molecular complexity index is 672. The predicted octanol–water partition coefficient (Wildman–Crippen LogP) is 2.40. The van der Waals surface area contributed by atoms with Gasteiger partial charge in [0.2, 0.25) is 5.91 Å². The second kappa shape index (κ2) is 11.2. The molecule has 1 aromatic carbocycles.